The molecular formula is C18H12BrClN2O4S2. The van der Waals surface area contributed by atoms with E-state index in [1.165, 1.54) is 22.3 Å². The van der Waals surface area contributed by atoms with Crippen molar-refractivity contribution in [3.8, 4) is 0 Å². The van der Waals surface area contributed by atoms with Crippen molar-refractivity contribution in [1.82, 2.24) is 5.32 Å². The fraction of sp³-hybridized carbons (Fsp3) is 0.167. The van der Waals surface area contributed by atoms with E-state index in [1.807, 2.05) is 5.38 Å². The molecule has 2 aromatic rings. The first-order chi connectivity index (χ1) is 13.5. The zero-order valence-electron chi connectivity index (χ0n) is 14.1. The minimum absolute atomic E-state index is 0.0181. The van der Waals surface area contributed by atoms with Crippen LogP contribution in [-0.2, 0) is 19.1 Å². The summed E-state index contributed by atoms with van der Waals surface area (Å²) in [6.45, 7) is 0.974. The predicted molar refractivity (Wildman–Crippen MR) is 114 cm³/mol. The highest BCUT2D eigenvalue weighted by atomic mass is 79.9. The van der Waals surface area contributed by atoms with Crippen LogP contribution in [0, 0.1) is 0 Å². The maximum Gasteiger partial charge on any atom is 0.270 e. The molecule has 6 nitrogen and oxygen atoms in total. The Morgan fingerprint density at radius 2 is 1.93 bits per heavy atom. The molecule has 10 heteroatoms. The molecule has 0 aliphatic carbocycles. The summed E-state index contributed by atoms with van der Waals surface area (Å²) in [6, 6.07) is 6.62. The van der Waals surface area contributed by atoms with Crippen molar-refractivity contribution in [2.75, 3.05) is 18.1 Å². The van der Waals surface area contributed by atoms with Crippen LogP contribution in [0.3, 0.4) is 0 Å². The van der Waals surface area contributed by atoms with Crippen molar-refractivity contribution in [1.29, 1.82) is 0 Å². The molecule has 0 saturated carbocycles. The van der Waals surface area contributed by atoms with E-state index in [2.05, 4.69) is 21.2 Å². The number of thiocarbonyl (C=S) groups is 1. The van der Waals surface area contributed by atoms with E-state index in [9.17, 15) is 9.59 Å². The molecular weight excluding hydrogens is 488 g/mol. The number of ether oxygens (including phenoxy) is 2. The van der Waals surface area contributed by atoms with Gasteiger partial charge in [-0.05, 0) is 58.5 Å². The molecule has 2 aliphatic heterocycles. The van der Waals surface area contributed by atoms with Crippen LogP contribution < -0.4 is 10.2 Å². The second-order valence-corrected chi connectivity index (χ2v) is 8.46. The second-order valence-electron chi connectivity index (χ2n) is 5.87. The topological polar surface area (TPSA) is 67.9 Å². The zero-order valence-corrected chi connectivity index (χ0v) is 18.1. The molecule has 1 N–H and O–H groups in total. The smallest absolute Gasteiger partial charge is 0.270 e. The minimum atomic E-state index is -0.552. The summed E-state index contributed by atoms with van der Waals surface area (Å²) in [6.07, 6.45) is 1.00. The van der Waals surface area contributed by atoms with Gasteiger partial charge >= 0.3 is 0 Å². The Morgan fingerprint density at radius 3 is 2.61 bits per heavy atom. The Balaban J connectivity index is 1.73. The van der Waals surface area contributed by atoms with E-state index in [-0.39, 0.29) is 10.7 Å². The summed E-state index contributed by atoms with van der Waals surface area (Å²) in [5.74, 6) is -1.07. The fourth-order valence-electron chi connectivity index (χ4n) is 2.84. The van der Waals surface area contributed by atoms with Crippen LogP contribution in [-0.4, -0.2) is 30.1 Å². The highest BCUT2D eigenvalue weighted by molar-refractivity contribution is 9.10. The quantitative estimate of drug-likeness (QED) is 0.392. The van der Waals surface area contributed by atoms with Crippen LogP contribution in [0.1, 0.15) is 16.7 Å². The minimum Gasteiger partial charge on any atom is -0.346 e. The van der Waals surface area contributed by atoms with Crippen molar-refractivity contribution >= 4 is 79.8 Å². The highest BCUT2D eigenvalue weighted by Gasteiger charge is 2.35. The second kappa shape index (κ2) is 8.02. The summed E-state index contributed by atoms with van der Waals surface area (Å²) >= 11 is 16.0. The van der Waals surface area contributed by atoms with Gasteiger partial charge in [-0.25, -0.2) is 0 Å². The first-order valence-corrected chi connectivity index (χ1v) is 10.6. The van der Waals surface area contributed by atoms with Gasteiger partial charge in [0.25, 0.3) is 11.8 Å². The third-order valence-electron chi connectivity index (χ3n) is 4.13. The lowest BCUT2D eigenvalue weighted by atomic mass is 10.1. The molecule has 0 spiro atoms. The van der Waals surface area contributed by atoms with Gasteiger partial charge in [0, 0.05) is 25.3 Å². The van der Waals surface area contributed by atoms with Gasteiger partial charge in [-0.2, -0.15) is 0 Å². The SMILES string of the molecule is O=C1NC(=S)N(c2ccc(Cl)cc2)C(=O)C1=Cc1scc(Br)c1C1OCCO1. The molecule has 0 radical (unpaired) electrons. The van der Waals surface area contributed by atoms with Gasteiger partial charge < -0.3 is 9.47 Å². The average Bonchev–Trinajstić information content (AvgIpc) is 3.29. The van der Waals surface area contributed by atoms with E-state index in [0.717, 1.165) is 10.0 Å². The lowest BCUT2D eigenvalue weighted by Gasteiger charge is -2.29. The molecule has 0 unspecified atom stereocenters. The number of thiophene rings is 1. The number of halogens is 2. The lowest BCUT2D eigenvalue weighted by molar-refractivity contribution is -0.122. The first kappa shape index (κ1) is 19.7. The standard InChI is InChI=1S/C18H12BrClN2O4S2/c19-12-8-28-13(14(12)17-25-5-6-26-17)7-11-15(23)21-18(27)22(16(11)24)10-3-1-9(20)2-4-10/h1-4,7-8,17H,5-6H2,(H,21,23,27). The largest absolute Gasteiger partial charge is 0.346 e. The fourth-order valence-corrected chi connectivity index (χ4v) is 4.93. The molecule has 2 aliphatic rings. The number of nitrogens with one attached hydrogen (secondary N) is 1. The molecule has 2 amide bonds. The molecule has 1 aromatic heterocycles. The molecule has 2 saturated heterocycles. The molecule has 0 atom stereocenters. The van der Waals surface area contributed by atoms with E-state index in [4.69, 9.17) is 33.3 Å². The summed E-state index contributed by atoms with van der Waals surface area (Å²) in [5, 5.41) is 4.98. The summed E-state index contributed by atoms with van der Waals surface area (Å²) in [5.41, 5.74) is 1.24. The highest BCUT2D eigenvalue weighted by Crippen LogP contribution is 2.38. The van der Waals surface area contributed by atoms with Crippen LogP contribution in [0.15, 0.2) is 39.7 Å². The Morgan fingerprint density at radius 1 is 1.25 bits per heavy atom. The van der Waals surface area contributed by atoms with E-state index in [1.54, 1.807) is 24.3 Å². The number of anilines is 1. The van der Waals surface area contributed by atoms with Crippen molar-refractivity contribution in [3.05, 3.63) is 55.2 Å². The summed E-state index contributed by atoms with van der Waals surface area (Å²) in [7, 11) is 0. The molecule has 2 fully saturated rings. The van der Waals surface area contributed by atoms with Crippen LogP contribution in [0.4, 0.5) is 5.69 Å². The maximum absolute atomic E-state index is 13.1. The number of hydrogen-bond donors (Lipinski definition) is 1. The molecule has 0 bridgehead atoms. The van der Waals surface area contributed by atoms with Gasteiger partial charge in [0.1, 0.15) is 5.57 Å². The number of rotatable bonds is 3. The molecule has 1 aromatic carbocycles. The maximum atomic E-state index is 13.1. The van der Waals surface area contributed by atoms with E-state index < -0.39 is 18.1 Å². The van der Waals surface area contributed by atoms with Crippen molar-refractivity contribution in [2.24, 2.45) is 0 Å². The van der Waals surface area contributed by atoms with E-state index >= 15 is 0 Å². The molecule has 144 valence electrons. The van der Waals surface area contributed by atoms with Crippen molar-refractivity contribution < 1.29 is 19.1 Å². The number of carbonyl (C=O) groups excluding carboxylic acids is 2. The van der Waals surface area contributed by atoms with Crippen molar-refractivity contribution in [2.45, 2.75) is 6.29 Å². The zero-order chi connectivity index (χ0) is 19.8. The van der Waals surface area contributed by atoms with Gasteiger partial charge in [0.05, 0.1) is 18.9 Å². The number of carbonyl (C=O) groups is 2. The number of benzene rings is 1. The van der Waals surface area contributed by atoms with Crippen LogP contribution in [0.2, 0.25) is 5.02 Å². The van der Waals surface area contributed by atoms with Gasteiger partial charge in [-0.3, -0.25) is 19.8 Å². The van der Waals surface area contributed by atoms with Crippen LogP contribution in [0.25, 0.3) is 6.08 Å². The molecule has 3 heterocycles. The summed E-state index contributed by atoms with van der Waals surface area (Å²) < 4.78 is 11.9. The van der Waals surface area contributed by atoms with Gasteiger partial charge in [-0.15, -0.1) is 11.3 Å². The number of amides is 2. The Kier molecular flexibility index (Phi) is 5.64. The van der Waals surface area contributed by atoms with Gasteiger partial charge in [-0.1, -0.05) is 11.6 Å². The Labute approximate surface area is 183 Å². The normalized spacial score (nSPS) is 19.6. The van der Waals surface area contributed by atoms with Gasteiger partial charge in [0.15, 0.2) is 11.4 Å². The third-order valence-corrected chi connectivity index (χ3v) is 6.57. The predicted octanol–water partition coefficient (Wildman–Crippen LogP) is 4.04. The van der Waals surface area contributed by atoms with Crippen LogP contribution >= 0.6 is 51.1 Å². The average molecular weight is 500 g/mol. The monoisotopic (exact) mass is 498 g/mol. The lowest BCUT2D eigenvalue weighted by Crippen LogP contribution is -2.54. The number of nitrogens with zero attached hydrogens (tertiary/aromatic N) is 1. The summed E-state index contributed by atoms with van der Waals surface area (Å²) in [4.78, 5) is 27.5. The Hall–Kier alpha value is -1.62. The third kappa shape index (κ3) is 3.66. The number of hydrogen-bond acceptors (Lipinski definition) is 6. The van der Waals surface area contributed by atoms with Crippen molar-refractivity contribution in [3.63, 3.8) is 0 Å². The van der Waals surface area contributed by atoms with Crippen LogP contribution in [0.5, 0.6) is 0 Å². The Bertz CT molecular complexity index is 1000. The molecule has 4 rings (SSSR count). The molecule has 28 heavy (non-hydrogen) atoms. The first-order valence-electron chi connectivity index (χ1n) is 8.13. The van der Waals surface area contributed by atoms with Gasteiger partial charge in [0.2, 0.25) is 0 Å². The van der Waals surface area contributed by atoms with E-state index in [0.29, 0.717) is 28.8 Å².